The molecule has 1 heterocycles. The molecule has 1 aromatic rings. The molecule has 1 saturated heterocycles. The van der Waals surface area contributed by atoms with Crippen molar-refractivity contribution in [2.24, 2.45) is 0 Å². The quantitative estimate of drug-likeness (QED) is 0.796. The minimum absolute atomic E-state index is 0.0337. The molecule has 1 fully saturated rings. The Kier molecular flexibility index (Phi) is 3.45. The summed E-state index contributed by atoms with van der Waals surface area (Å²) >= 11 is 5.82. The maximum Gasteiger partial charge on any atom is 0.251 e. The van der Waals surface area contributed by atoms with Gasteiger partial charge in [0.05, 0.1) is 10.7 Å². The molecule has 0 atom stereocenters. The number of nitrogens with one attached hydrogen (secondary N) is 2. The van der Waals surface area contributed by atoms with Gasteiger partial charge in [-0.25, -0.2) is 4.39 Å². The summed E-state index contributed by atoms with van der Waals surface area (Å²) in [4.78, 5) is 11.8. The van der Waals surface area contributed by atoms with Crippen molar-refractivity contribution in [1.29, 1.82) is 0 Å². The molecule has 0 unspecified atom stereocenters. The van der Waals surface area contributed by atoms with E-state index in [9.17, 15) is 9.18 Å². The lowest BCUT2D eigenvalue weighted by Crippen LogP contribution is -2.36. The smallest absolute Gasteiger partial charge is 0.251 e. The number of hydrogen-bond acceptors (Lipinski definition) is 2. The van der Waals surface area contributed by atoms with Crippen molar-refractivity contribution in [2.45, 2.75) is 6.92 Å². The van der Waals surface area contributed by atoms with Gasteiger partial charge in [0.25, 0.3) is 5.91 Å². The molecule has 1 aliphatic heterocycles. The summed E-state index contributed by atoms with van der Waals surface area (Å²) in [6.45, 7) is 3.15. The lowest BCUT2D eigenvalue weighted by molar-refractivity contribution is -0.112. The Hall–Kier alpha value is -1.39. The second kappa shape index (κ2) is 4.85. The zero-order valence-electron chi connectivity index (χ0n) is 9.31. The van der Waals surface area contributed by atoms with Crippen LogP contribution in [0.4, 0.5) is 10.1 Å². The van der Waals surface area contributed by atoms with Gasteiger partial charge in [0.15, 0.2) is 0 Å². The maximum absolute atomic E-state index is 13.4. The molecule has 0 bridgehead atoms. The summed E-state index contributed by atoms with van der Waals surface area (Å²) in [5, 5.41) is 5.74. The van der Waals surface area contributed by atoms with Gasteiger partial charge in [-0.2, -0.15) is 0 Å². The van der Waals surface area contributed by atoms with Gasteiger partial charge >= 0.3 is 0 Å². The molecule has 3 nitrogen and oxygen atoms in total. The molecular weight excluding hydrogens is 243 g/mol. The Morgan fingerprint density at radius 3 is 2.71 bits per heavy atom. The van der Waals surface area contributed by atoms with E-state index in [1.54, 1.807) is 6.92 Å². The van der Waals surface area contributed by atoms with Crippen molar-refractivity contribution < 1.29 is 9.18 Å². The third-order valence-corrected chi connectivity index (χ3v) is 3.06. The fourth-order valence-corrected chi connectivity index (χ4v) is 1.71. The first-order valence-corrected chi connectivity index (χ1v) is 5.62. The van der Waals surface area contributed by atoms with Gasteiger partial charge in [-0.1, -0.05) is 17.7 Å². The first-order valence-electron chi connectivity index (χ1n) is 5.24. The second-order valence-electron chi connectivity index (χ2n) is 3.88. The average Bonchev–Trinajstić information content (AvgIpc) is 2.21. The first kappa shape index (κ1) is 12.1. The molecule has 2 N–H and O–H groups in total. The van der Waals surface area contributed by atoms with Crippen LogP contribution >= 0.6 is 11.6 Å². The van der Waals surface area contributed by atoms with E-state index < -0.39 is 5.82 Å². The van der Waals surface area contributed by atoms with Crippen LogP contribution in [0.2, 0.25) is 5.02 Å². The molecule has 1 aromatic carbocycles. The average molecular weight is 255 g/mol. The van der Waals surface area contributed by atoms with Crippen LogP contribution in [0.5, 0.6) is 0 Å². The molecule has 2 rings (SSSR count). The van der Waals surface area contributed by atoms with Gasteiger partial charge in [0.1, 0.15) is 5.82 Å². The Morgan fingerprint density at radius 2 is 2.18 bits per heavy atom. The van der Waals surface area contributed by atoms with E-state index in [1.165, 1.54) is 18.2 Å². The van der Waals surface area contributed by atoms with Crippen LogP contribution < -0.4 is 10.6 Å². The van der Waals surface area contributed by atoms with Gasteiger partial charge in [0, 0.05) is 18.7 Å². The predicted octanol–water partition coefficient (Wildman–Crippen LogP) is 2.34. The molecule has 1 aliphatic rings. The normalized spacial score (nSPS) is 14.2. The Bertz CT molecular complexity index is 473. The third kappa shape index (κ3) is 2.48. The standard InChI is InChI=1S/C12H12ClFN2O/c1-7(8-5-15-6-8)12(17)16-11-9(13)3-2-4-10(11)14/h2-4,15H,5-6H2,1H3,(H,16,17). The minimum Gasteiger partial charge on any atom is -0.319 e. The van der Waals surface area contributed by atoms with Crippen molar-refractivity contribution >= 4 is 23.2 Å². The number of amides is 1. The summed E-state index contributed by atoms with van der Waals surface area (Å²) in [5.74, 6) is -0.844. The van der Waals surface area contributed by atoms with E-state index in [1.807, 2.05) is 0 Å². The molecular formula is C12H12ClFN2O. The Morgan fingerprint density at radius 1 is 1.47 bits per heavy atom. The number of hydrogen-bond donors (Lipinski definition) is 2. The second-order valence-corrected chi connectivity index (χ2v) is 4.29. The number of carbonyl (C=O) groups is 1. The summed E-state index contributed by atoms with van der Waals surface area (Å²) in [7, 11) is 0. The zero-order valence-corrected chi connectivity index (χ0v) is 10.1. The van der Waals surface area contributed by atoms with Crippen molar-refractivity contribution in [3.05, 3.63) is 40.2 Å². The van der Waals surface area contributed by atoms with Crippen LogP contribution in [0.1, 0.15) is 6.92 Å². The Labute approximate surface area is 104 Å². The van der Waals surface area contributed by atoms with Crippen molar-refractivity contribution in [2.75, 3.05) is 18.4 Å². The van der Waals surface area contributed by atoms with Crippen molar-refractivity contribution in [3.63, 3.8) is 0 Å². The van der Waals surface area contributed by atoms with Crippen LogP contribution in [0.25, 0.3) is 0 Å². The number of para-hydroxylation sites is 1. The zero-order chi connectivity index (χ0) is 12.4. The van der Waals surface area contributed by atoms with Gasteiger partial charge in [0.2, 0.25) is 0 Å². The number of anilines is 1. The molecule has 1 amide bonds. The topological polar surface area (TPSA) is 41.1 Å². The number of benzene rings is 1. The minimum atomic E-state index is -0.532. The van der Waals surface area contributed by atoms with Gasteiger partial charge in [-0.05, 0) is 24.6 Å². The molecule has 17 heavy (non-hydrogen) atoms. The number of rotatable bonds is 2. The number of carbonyl (C=O) groups excluding carboxylic acids is 1. The highest BCUT2D eigenvalue weighted by Crippen LogP contribution is 2.25. The molecule has 0 spiro atoms. The first-order chi connectivity index (χ1) is 8.09. The molecule has 5 heteroatoms. The highest BCUT2D eigenvalue weighted by Gasteiger charge is 2.17. The molecule has 0 aromatic heterocycles. The fourth-order valence-electron chi connectivity index (χ4n) is 1.50. The van der Waals surface area contributed by atoms with E-state index >= 15 is 0 Å². The van der Waals surface area contributed by atoms with Crippen LogP contribution in [-0.2, 0) is 4.79 Å². The fraction of sp³-hybridized carbons (Fsp3) is 0.250. The van der Waals surface area contributed by atoms with E-state index in [2.05, 4.69) is 10.6 Å². The van der Waals surface area contributed by atoms with Gasteiger partial charge in [-0.3, -0.25) is 4.79 Å². The van der Waals surface area contributed by atoms with E-state index in [0.29, 0.717) is 18.7 Å². The van der Waals surface area contributed by atoms with Crippen LogP contribution in [0.3, 0.4) is 0 Å². The lowest BCUT2D eigenvalue weighted by Gasteiger charge is -2.21. The Balaban J connectivity index is 2.19. The summed E-state index contributed by atoms with van der Waals surface area (Å²) in [6, 6.07) is 4.29. The van der Waals surface area contributed by atoms with Crippen molar-refractivity contribution in [1.82, 2.24) is 5.32 Å². The maximum atomic E-state index is 13.4. The number of halogens is 2. The van der Waals surface area contributed by atoms with Crippen LogP contribution in [-0.4, -0.2) is 19.0 Å². The van der Waals surface area contributed by atoms with Crippen molar-refractivity contribution in [3.8, 4) is 0 Å². The van der Waals surface area contributed by atoms with E-state index in [-0.39, 0.29) is 16.6 Å². The summed E-state index contributed by atoms with van der Waals surface area (Å²) < 4.78 is 13.4. The summed E-state index contributed by atoms with van der Waals surface area (Å²) in [6.07, 6.45) is 0. The largest absolute Gasteiger partial charge is 0.319 e. The van der Waals surface area contributed by atoms with E-state index in [0.717, 1.165) is 5.57 Å². The molecule has 0 radical (unpaired) electrons. The highest BCUT2D eigenvalue weighted by atomic mass is 35.5. The molecule has 0 saturated carbocycles. The predicted molar refractivity (Wildman–Crippen MR) is 65.6 cm³/mol. The highest BCUT2D eigenvalue weighted by molar-refractivity contribution is 6.33. The lowest BCUT2D eigenvalue weighted by atomic mass is 10.0. The SMILES string of the molecule is CC(C(=O)Nc1c(F)cccc1Cl)=C1CNC1. The van der Waals surface area contributed by atoms with Crippen LogP contribution in [0.15, 0.2) is 29.3 Å². The van der Waals surface area contributed by atoms with Gasteiger partial charge in [-0.15, -0.1) is 0 Å². The van der Waals surface area contributed by atoms with Gasteiger partial charge < -0.3 is 10.6 Å². The molecule has 0 aliphatic carbocycles. The van der Waals surface area contributed by atoms with Crippen LogP contribution in [0, 0.1) is 5.82 Å². The third-order valence-electron chi connectivity index (χ3n) is 2.75. The van der Waals surface area contributed by atoms with E-state index in [4.69, 9.17) is 11.6 Å². The summed E-state index contributed by atoms with van der Waals surface area (Å²) in [5.41, 5.74) is 1.68. The molecule has 90 valence electrons. The monoisotopic (exact) mass is 254 g/mol.